The molecule has 1 N–H and O–H groups in total. The average Bonchev–Trinajstić information content (AvgIpc) is 2.42. The van der Waals surface area contributed by atoms with Crippen LogP contribution in [-0.2, 0) is 4.74 Å². The van der Waals surface area contributed by atoms with Gasteiger partial charge in [-0.05, 0) is 47.0 Å². The molecule has 1 rings (SSSR count). The van der Waals surface area contributed by atoms with Gasteiger partial charge in [0.05, 0.1) is 11.7 Å². The molecule has 1 unspecified atom stereocenters. The van der Waals surface area contributed by atoms with Gasteiger partial charge >= 0.3 is 0 Å². The van der Waals surface area contributed by atoms with Crippen molar-refractivity contribution in [1.29, 1.82) is 0 Å². The van der Waals surface area contributed by atoms with E-state index in [4.69, 9.17) is 4.74 Å². The highest BCUT2D eigenvalue weighted by Gasteiger charge is 2.32. The summed E-state index contributed by atoms with van der Waals surface area (Å²) in [5, 5.41) is 4.63. The van der Waals surface area contributed by atoms with Crippen LogP contribution in [0.2, 0.25) is 0 Å². The van der Waals surface area contributed by atoms with E-state index >= 15 is 0 Å². The van der Waals surface area contributed by atoms with Gasteiger partial charge in [-0.2, -0.15) is 0 Å². The van der Waals surface area contributed by atoms with E-state index in [9.17, 15) is 0 Å². The maximum atomic E-state index is 5.95. The highest BCUT2D eigenvalue weighted by molar-refractivity contribution is 9.09. The van der Waals surface area contributed by atoms with Crippen LogP contribution >= 0.6 is 15.9 Å². The van der Waals surface area contributed by atoms with Crippen LogP contribution in [0, 0.1) is 0 Å². The maximum absolute atomic E-state index is 5.95. The van der Waals surface area contributed by atoms with Gasteiger partial charge in [-0.15, -0.1) is 0 Å². The van der Waals surface area contributed by atoms with Crippen molar-refractivity contribution in [3.05, 3.63) is 0 Å². The lowest BCUT2D eigenvalue weighted by molar-refractivity contribution is -0.0166. The molecule has 1 aliphatic heterocycles. The summed E-state index contributed by atoms with van der Waals surface area (Å²) in [6.45, 7) is 9.82. The first-order valence-electron chi connectivity index (χ1n) is 5.83. The van der Waals surface area contributed by atoms with Gasteiger partial charge in [0, 0.05) is 17.4 Å². The Morgan fingerprint density at radius 1 is 1.47 bits per heavy atom. The molecule has 0 radical (unpaired) electrons. The van der Waals surface area contributed by atoms with Gasteiger partial charge in [-0.3, -0.25) is 0 Å². The minimum atomic E-state index is 0.0892. The fourth-order valence-electron chi connectivity index (χ4n) is 1.94. The van der Waals surface area contributed by atoms with Gasteiger partial charge in [0.1, 0.15) is 0 Å². The SMILES string of the molecule is CC(C)(CCBr)NCC1CCC(C)(C)O1. The van der Waals surface area contributed by atoms with E-state index in [1.807, 2.05) is 0 Å². The molecule has 0 aliphatic carbocycles. The Hall–Kier alpha value is 0.400. The smallest absolute Gasteiger partial charge is 0.0707 e. The van der Waals surface area contributed by atoms with E-state index in [0.29, 0.717) is 6.10 Å². The molecular weight excluding hydrogens is 254 g/mol. The standard InChI is InChI=1S/C12H24BrNO/c1-11(2,7-8-13)14-9-10-5-6-12(3,4)15-10/h10,14H,5-9H2,1-4H3. The number of hydrogen-bond acceptors (Lipinski definition) is 2. The average molecular weight is 278 g/mol. The van der Waals surface area contributed by atoms with Gasteiger partial charge in [-0.25, -0.2) is 0 Å². The Balaban J connectivity index is 2.26. The van der Waals surface area contributed by atoms with Crippen molar-refractivity contribution in [3.63, 3.8) is 0 Å². The third-order valence-electron chi connectivity index (χ3n) is 3.08. The predicted octanol–water partition coefficient (Wildman–Crippen LogP) is 3.10. The molecule has 1 heterocycles. The molecule has 0 aromatic carbocycles. The fraction of sp³-hybridized carbons (Fsp3) is 1.00. The minimum absolute atomic E-state index is 0.0892. The highest BCUT2D eigenvalue weighted by atomic mass is 79.9. The Morgan fingerprint density at radius 3 is 2.60 bits per heavy atom. The van der Waals surface area contributed by atoms with Crippen molar-refractivity contribution in [2.45, 2.75) is 64.2 Å². The predicted molar refractivity (Wildman–Crippen MR) is 68.7 cm³/mol. The lowest BCUT2D eigenvalue weighted by Gasteiger charge is -2.28. The monoisotopic (exact) mass is 277 g/mol. The van der Waals surface area contributed by atoms with E-state index in [0.717, 1.165) is 18.3 Å². The normalized spacial score (nSPS) is 25.8. The number of rotatable bonds is 5. The van der Waals surface area contributed by atoms with Crippen LogP contribution in [0.25, 0.3) is 0 Å². The third-order valence-corrected chi connectivity index (χ3v) is 3.48. The van der Waals surface area contributed by atoms with E-state index in [1.165, 1.54) is 12.8 Å². The summed E-state index contributed by atoms with van der Waals surface area (Å²) in [6.07, 6.45) is 3.90. The quantitative estimate of drug-likeness (QED) is 0.780. The topological polar surface area (TPSA) is 21.3 Å². The van der Waals surface area contributed by atoms with Crippen molar-refractivity contribution >= 4 is 15.9 Å². The molecule has 3 heteroatoms. The maximum Gasteiger partial charge on any atom is 0.0707 e. The summed E-state index contributed by atoms with van der Waals surface area (Å²) in [4.78, 5) is 0. The first-order chi connectivity index (χ1) is 6.85. The largest absolute Gasteiger partial charge is 0.371 e. The molecule has 0 amide bonds. The molecule has 0 spiro atoms. The molecule has 0 aromatic rings. The molecule has 1 fully saturated rings. The second kappa shape index (κ2) is 5.15. The Labute approximate surface area is 102 Å². The van der Waals surface area contributed by atoms with E-state index in [1.54, 1.807) is 0 Å². The van der Waals surface area contributed by atoms with E-state index < -0.39 is 0 Å². The van der Waals surface area contributed by atoms with E-state index in [-0.39, 0.29) is 11.1 Å². The van der Waals surface area contributed by atoms with Crippen LogP contribution in [-0.4, -0.2) is 29.1 Å². The second-order valence-corrected chi connectivity index (χ2v) is 6.53. The Kier molecular flexibility index (Phi) is 4.63. The Bertz CT molecular complexity index is 204. The molecular formula is C12H24BrNO. The number of alkyl halides is 1. The lowest BCUT2D eigenvalue weighted by Crippen LogP contribution is -2.44. The van der Waals surface area contributed by atoms with Crippen molar-refractivity contribution in [2.24, 2.45) is 0 Å². The van der Waals surface area contributed by atoms with Crippen LogP contribution in [0.3, 0.4) is 0 Å². The molecule has 1 aliphatic rings. The van der Waals surface area contributed by atoms with Crippen LogP contribution < -0.4 is 5.32 Å². The molecule has 0 bridgehead atoms. The highest BCUT2D eigenvalue weighted by Crippen LogP contribution is 2.29. The van der Waals surface area contributed by atoms with Crippen molar-refractivity contribution in [3.8, 4) is 0 Å². The third kappa shape index (κ3) is 4.83. The van der Waals surface area contributed by atoms with E-state index in [2.05, 4.69) is 48.9 Å². The second-order valence-electron chi connectivity index (χ2n) is 5.74. The van der Waals surface area contributed by atoms with Crippen LogP contribution in [0.15, 0.2) is 0 Å². The number of halogens is 1. The fourth-order valence-corrected chi connectivity index (χ4v) is 2.93. The van der Waals surface area contributed by atoms with Gasteiger partial charge in [0.2, 0.25) is 0 Å². The van der Waals surface area contributed by atoms with Gasteiger partial charge in [0.25, 0.3) is 0 Å². The molecule has 1 saturated heterocycles. The zero-order chi connectivity index (χ0) is 11.5. The first kappa shape index (κ1) is 13.5. The molecule has 90 valence electrons. The summed E-state index contributed by atoms with van der Waals surface area (Å²) in [5.74, 6) is 0. The Morgan fingerprint density at radius 2 is 2.13 bits per heavy atom. The number of ether oxygens (including phenoxy) is 1. The van der Waals surface area contributed by atoms with Gasteiger partial charge in [0.15, 0.2) is 0 Å². The molecule has 0 saturated carbocycles. The summed E-state index contributed by atoms with van der Waals surface area (Å²) >= 11 is 3.49. The van der Waals surface area contributed by atoms with Crippen molar-refractivity contribution in [2.75, 3.05) is 11.9 Å². The summed E-state index contributed by atoms with van der Waals surface area (Å²) in [7, 11) is 0. The minimum Gasteiger partial charge on any atom is -0.371 e. The number of hydrogen-bond donors (Lipinski definition) is 1. The van der Waals surface area contributed by atoms with Crippen LogP contribution in [0.5, 0.6) is 0 Å². The van der Waals surface area contributed by atoms with Crippen molar-refractivity contribution in [1.82, 2.24) is 5.32 Å². The molecule has 1 atom stereocenters. The lowest BCUT2D eigenvalue weighted by atomic mass is 10.0. The number of nitrogens with one attached hydrogen (secondary N) is 1. The summed E-state index contributed by atoms with van der Waals surface area (Å²) in [5.41, 5.74) is 0.297. The summed E-state index contributed by atoms with van der Waals surface area (Å²) < 4.78 is 5.95. The zero-order valence-corrected chi connectivity index (χ0v) is 12.0. The van der Waals surface area contributed by atoms with Crippen LogP contribution in [0.1, 0.15) is 47.0 Å². The van der Waals surface area contributed by atoms with Crippen LogP contribution in [0.4, 0.5) is 0 Å². The van der Waals surface area contributed by atoms with Gasteiger partial charge in [-0.1, -0.05) is 15.9 Å². The molecule has 0 aromatic heterocycles. The first-order valence-corrected chi connectivity index (χ1v) is 6.96. The molecule has 15 heavy (non-hydrogen) atoms. The zero-order valence-electron chi connectivity index (χ0n) is 10.4. The van der Waals surface area contributed by atoms with Crippen molar-refractivity contribution < 1.29 is 4.74 Å². The molecule has 2 nitrogen and oxygen atoms in total. The van der Waals surface area contributed by atoms with Gasteiger partial charge < -0.3 is 10.1 Å². The summed E-state index contributed by atoms with van der Waals surface area (Å²) in [6, 6.07) is 0.